The van der Waals surface area contributed by atoms with Crippen molar-refractivity contribution in [2.45, 2.75) is 70.3 Å². The molecular weight excluding hydrogens is 354 g/mol. The van der Waals surface area contributed by atoms with Crippen LogP contribution in [0.1, 0.15) is 70.0 Å². The number of unbranched alkanes of at least 4 members (excludes halogenated alkanes) is 1. The summed E-state index contributed by atoms with van der Waals surface area (Å²) >= 11 is 0. The lowest BCUT2D eigenvalue weighted by atomic mass is 9.94. The van der Waals surface area contributed by atoms with Gasteiger partial charge in [-0.15, -0.1) is 0 Å². The van der Waals surface area contributed by atoms with E-state index in [1.54, 1.807) is 0 Å². The molecule has 1 saturated carbocycles. The van der Waals surface area contributed by atoms with E-state index in [2.05, 4.69) is 22.0 Å². The van der Waals surface area contributed by atoms with Gasteiger partial charge in [-0.2, -0.15) is 4.98 Å². The highest BCUT2D eigenvalue weighted by Gasteiger charge is 2.37. The van der Waals surface area contributed by atoms with Gasteiger partial charge in [-0.1, -0.05) is 37.8 Å². The molecule has 2 aromatic rings. The molecule has 0 bridgehead atoms. The van der Waals surface area contributed by atoms with Gasteiger partial charge in [0.2, 0.25) is 5.91 Å². The molecule has 0 N–H and O–H groups in total. The fraction of sp³-hybridized carbons (Fsp3) is 0.591. The largest absolute Gasteiger partial charge is 0.494 e. The Morgan fingerprint density at radius 3 is 2.71 bits per heavy atom. The molecule has 4 rings (SSSR count). The Hall–Kier alpha value is -2.37. The van der Waals surface area contributed by atoms with E-state index < -0.39 is 0 Å². The molecule has 2 heterocycles. The average Bonchev–Trinajstić information content (AvgIpc) is 3.36. The molecule has 0 radical (unpaired) electrons. The Morgan fingerprint density at radius 2 is 1.96 bits per heavy atom. The second-order valence-electron chi connectivity index (χ2n) is 7.92. The summed E-state index contributed by atoms with van der Waals surface area (Å²) < 4.78 is 11.2. The van der Waals surface area contributed by atoms with Crippen LogP contribution in [0.5, 0.6) is 5.75 Å². The highest BCUT2D eigenvalue weighted by atomic mass is 16.5. The first-order valence-electron chi connectivity index (χ1n) is 10.6. The molecule has 2 aliphatic rings. The van der Waals surface area contributed by atoms with Gasteiger partial charge < -0.3 is 14.2 Å². The highest BCUT2D eigenvalue weighted by Crippen LogP contribution is 2.33. The number of rotatable bonds is 7. The van der Waals surface area contributed by atoms with Gasteiger partial charge in [0.1, 0.15) is 5.75 Å². The third kappa shape index (κ3) is 4.21. The number of carbonyl (C=O) groups excluding carboxylic acids is 1. The second kappa shape index (κ2) is 8.76. The summed E-state index contributed by atoms with van der Waals surface area (Å²) in [6.45, 7) is 3.59. The number of nitrogens with zero attached hydrogens (tertiary/aromatic N) is 3. The van der Waals surface area contributed by atoms with E-state index >= 15 is 0 Å². The number of benzene rings is 1. The molecule has 1 aromatic carbocycles. The van der Waals surface area contributed by atoms with Gasteiger partial charge in [-0.25, -0.2) is 0 Å². The highest BCUT2D eigenvalue weighted by molar-refractivity contribution is 5.80. The lowest BCUT2D eigenvalue weighted by molar-refractivity contribution is -0.130. The van der Waals surface area contributed by atoms with Crippen molar-refractivity contribution < 1.29 is 14.1 Å². The molecule has 1 saturated heterocycles. The summed E-state index contributed by atoms with van der Waals surface area (Å²) in [4.78, 5) is 19.1. The zero-order valence-corrected chi connectivity index (χ0v) is 16.6. The van der Waals surface area contributed by atoms with Crippen molar-refractivity contribution in [1.82, 2.24) is 15.0 Å². The van der Waals surface area contributed by atoms with Crippen molar-refractivity contribution in [1.29, 1.82) is 0 Å². The van der Waals surface area contributed by atoms with Crippen LogP contribution >= 0.6 is 0 Å². The first-order valence-corrected chi connectivity index (χ1v) is 10.6. The number of aromatic nitrogens is 2. The predicted molar refractivity (Wildman–Crippen MR) is 106 cm³/mol. The minimum absolute atomic E-state index is 0.0311. The van der Waals surface area contributed by atoms with E-state index in [0.717, 1.165) is 43.6 Å². The fourth-order valence-electron chi connectivity index (χ4n) is 4.20. The maximum atomic E-state index is 12.5. The molecule has 1 amide bonds. The van der Waals surface area contributed by atoms with Gasteiger partial charge >= 0.3 is 0 Å². The van der Waals surface area contributed by atoms with Gasteiger partial charge in [-0.05, 0) is 43.5 Å². The SMILES string of the molecule is CCCCOc1ccc(-c2nc(C3CC(=O)N(C4CCCCC4)C3)no2)cc1. The molecule has 1 unspecified atom stereocenters. The third-order valence-electron chi connectivity index (χ3n) is 5.85. The monoisotopic (exact) mass is 383 g/mol. The Labute approximate surface area is 166 Å². The summed E-state index contributed by atoms with van der Waals surface area (Å²) in [7, 11) is 0. The van der Waals surface area contributed by atoms with Crippen molar-refractivity contribution in [2.75, 3.05) is 13.2 Å². The topological polar surface area (TPSA) is 68.5 Å². The molecule has 6 nitrogen and oxygen atoms in total. The van der Waals surface area contributed by atoms with Crippen molar-refractivity contribution in [3.8, 4) is 17.2 Å². The van der Waals surface area contributed by atoms with Crippen LogP contribution in [0.25, 0.3) is 11.5 Å². The van der Waals surface area contributed by atoms with Gasteiger partial charge in [0, 0.05) is 30.5 Å². The summed E-state index contributed by atoms with van der Waals surface area (Å²) in [5, 5.41) is 4.18. The van der Waals surface area contributed by atoms with Crippen LogP contribution in [0.15, 0.2) is 28.8 Å². The predicted octanol–water partition coefficient (Wildman–Crippen LogP) is 4.56. The zero-order valence-electron chi connectivity index (χ0n) is 16.6. The van der Waals surface area contributed by atoms with Gasteiger partial charge in [0.15, 0.2) is 5.82 Å². The van der Waals surface area contributed by atoms with E-state index in [9.17, 15) is 4.79 Å². The van der Waals surface area contributed by atoms with Crippen molar-refractivity contribution in [3.63, 3.8) is 0 Å². The molecule has 1 aliphatic carbocycles. The van der Waals surface area contributed by atoms with Crippen molar-refractivity contribution in [2.24, 2.45) is 0 Å². The van der Waals surface area contributed by atoms with Crippen LogP contribution < -0.4 is 4.74 Å². The third-order valence-corrected chi connectivity index (χ3v) is 5.85. The van der Waals surface area contributed by atoms with Crippen molar-refractivity contribution in [3.05, 3.63) is 30.1 Å². The first-order chi connectivity index (χ1) is 13.7. The maximum Gasteiger partial charge on any atom is 0.257 e. The molecule has 1 aliphatic heterocycles. The summed E-state index contributed by atoms with van der Waals surface area (Å²) in [6.07, 6.45) is 8.65. The van der Waals surface area contributed by atoms with E-state index in [-0.39, 0.29) is 11.8 Å². The lowest BCUT2D eigenvalue weighted by Crippen LogP contribution is -2.37. The van der Waals surface area contributed by atoms with Gasteiger partial charge in [0.25, 0.3) is 5.89 Å². The average molecular weight is 383 g/mol. The number of amides is 1. The Bertz CT molecular complexity index is 781. The standard InChI is InChI=1S/C22H29N3O3/c1-2-3-13-27-19-11-9-16(10-12-19)22-23-21(24-28-22)17-14-20(26)25(15-17)18-7-5-4-6-8-18/h9-12,17-18H,2-8,13-15H2,1H3. The number of hydrogen-bond acceptors (Lipinski definition) is 5. The summed E-state index contributed by atoms with van der Waals surface area (Å²) in [5.41, 5.74) is 0.870. The Morgan fingerprint density at radius 1 is 1.18 bits per heavy atom. The molecule has 1 atom stereocenters. The number of carbonyl (C=O) groups is 1. The van der Waals surface area contributed by atoms with Crippen molar-refractivity contribution >= 4 is 5.91 Å². The quantitative estimate of drug-likeness (QED) is 0.656. The number of hydrogen-bond donors (Lipinski definition) is 0. The summed E-state index contributed by atoms with van der Waals surface area (Å²) in [6, 6.07) is 8.13. The Kier molecular flexibility index (Phi) is 5.93. The minimum Gasteiger partial charge on any atom is -0.494 e. The number of ether oxygens (including phenoxy) is 1. The molecule has 6 heteroatoms. The van der Waals surface area contributed by atoms with E-state index in [1.807, 2.05) is 24.3 Å². The van der Waals surface area contributed by atoms with Crippen LogP contribution in [-0.4, -0.2) is 40.1 Å². The zero-order chi connectivity index (χ0) is 19.3. The molecule has 28 heavy (non-hydrogen) atoms. The summed E-state index contributed by atoms with van der Waals surface area (Å²) in [5.74, 6) is 2.26. The van der Waals surface area contributed by atoms with Crippen LogP contribution in [0, 0.1) is 0 Å². The van der Waals surface area contributed by atoms with Gasteiger partial charge in [0.05, 0.1) is 6.61 Å². The van der Waals surface area contributed by atoms with Crippen LogP contribution in [0.2, 0.25) is 0 Å². The Balaban J connectivity index is 1.39. The maximum absolute atomic E-state index is 12.5. The van der Waals surface area contributed by atoms with E-state index in [4.69, 9.17) is 9.26 Å². The van der Waals surface area contributed by atoms with Crippen LogP contribution in [0.3, 0.4) is 0 Å². The van der Waals surface area contributed by atoms with Crippen LogP contribution in [-0.2, 0) is 4.79 Å². The second-order valence-corrected chi connectivity index (χ2v) is 7.92. The number of likely N-dealkylation sites (tertiary alicyclic amines) is 1. The smallest absolute Gasteiger partial charge is 0.257 e. The molecular formula is C22H29N3O3. The molecule has 0 spiro atoms. The van der Waals surface area contributed by atoms with Gasteiger partial charge in [-0.3, -0.25) is 4.79 Å². The molecule has 1 aromatic heterocycles. The van der Waals surface area contributed by atoms with E-state index in [1.165, 1.54) is 19.3 Å². The molecule has 150 valence electrons. The normalized spacial score (nSPS) is 20.7. The fourth-order valence-corrected chi connectivity index (χ4v) is 4.20. The lowest BCUT2D eigenvalue weighted by Gasteiger charge is -2.31. The molecule has 2 fully saturated rings. The van der Waals surface area contributed by atoms with Crippen LogP contribution in [0.4, 0.5) is 0 Å². The minimum atomic E-state index is 0.0311. The van der Waals surface area contributed by atoms with E-state index in [0.29, 0.717) is 30.7 Å². The first kappa shape index (κ1) is 19.0.